The Morgan fingerprint density at radius 1 is 0.451 bits per heavy atom. The summed E-state index contributed by atoms with van der Waals surface area (Å²) in [4.78, 5) is 13.3. The Morgan fingerprint density at radius 2 is 0.813 bits per heavy atom. The first-order valence-corrected chi connectivity index (χ1v) is 30.1. The molecule has 0 saturated heterocycles. The standard InChI is InChI=1S/C59H98N2O30/c1-58(2)55-5-3-4-6-56(55)60(59(58)10-9-40-13-41(61(76)77)7-8-57(40)91-59)11-12-78-32-51(34-83-36-52(87-27-45(72)17-65)33-80-21-42(69)14-62)90-39-54(89-29-48(75)24-79-22-47(74)23-81-30-49(19-67)85-25-43(70)15-63)38-84-37-53(88-28-46(73)18-66)35-82-31-50(20-68)86-26-44(71)16-64/h3-10,13,42-54,62-75H,11-12,14-39H2,1-2H3. The highest BCUT2D eigenvalue weighted by molar-refractivity contribution is 5.73. The van der Waals surface area contributed by atoms with E-state index < -0.39 is 142 Å². The van der Waals surface area contributed by atoms with E-state index in [1.807, 2.05) is 44.2 Å². The number of ether oxygens (including phenoxy) is 14. The van der Waals surface area contributed by atoms with Gasteiger partial charge in [0.15, 0.2) is 0 Å². The van der Waals surface area contributed by atoms with Crippen molar-refractivity contribution in [1.82, 2.24) is 0 Å². The fraction of sp³-hybridized carbons (Fsp3) is 0.763. The molecule has 0 aliphatic carbocycles. The van der Waals surface area contributed by atoms with Crippen molar-refractivity contribution in [3.05, 3.63) is 69.8 Å². The number of nitro groups is 1. The van der Waals surface area contributed by atoms with Gasteiger partial charge in [0.2, 0.25) is 5.72 Å². The van der Waals surface area contributed by atoms with E-state index in [-0.39, 0.29) is 144 Å². The number of nitrogens with zero attached hydrogens (tertiary/aromatic N) is 2. The van der Waals surface area contributed by atoms with Gasteiger partial charge in [-0.25, -0.2) is 0 Å². The SMILES string of the molecule is CC1(C)c2ccccc2N(CCOCC(COCC(COCC(O)CO)OCC(O)CO)OCC(COCC(COCC(CO)OCC(O)CO)OCC(O)CO)OCC(O)COCC(O)COCC(CO)OCC(O)CO)C12C=Cc1cc([N+](=O)[O-])ccc1O2. The van der Waals surface area contributed by atoms with Crippen molar-refractivity contribution in [2.24, 2.45) is 0 Å². The molecule has 0 aromatic heterocycles. The van der Waals surface area contributed by atoms with E-state index in [1.165, 1.54) is 12.1 Å². The van der Waals surface area contributed by atoms with Crippen LogP contribution in [0.3, 0.4) is 0 Å². The molecular formula is C59H98N2O30. The molecule has 14 unspecified atom stereocenters. The van der Waals surface area contributed by atoms with E-state index >= 15 is 0 Å². The molecule has 2 aromatic carbocycles. The third-order valence-corrected chi connectivity index (χ3v) is 14.2. The molecule has 2 heterocycles. The Morgan fingerprint density at radius 3 is 1.27 bits per heavy atom. The average Bonchev–Trinajstić information content (AvgIpc) is 1.56. The number of para-hydroxylation sites is 1. The Bertz CT molecular complexity index is 2280. The van der Waals surface area contributed by atoms with Crippen LogP contribution < -0.4 is 9.64 Å². The first-order valence-electron chi connectivity index (χ1n) is 30.1. The van der Waals surface area contributed by atoms with Crippen molar-refractivity contribution in [2.45, 2.75) is 104 Å². The van der Waals surface area contributed by atoms with Crippen molar-refractivity contribution >= 4 is 17.5 Å². The first-order chi connectivity index (χ1) is 43.8. The van der Waals surface area contributed by atoms with Crippen LogP contribution in [0.1, 0.15) is 25.0 Å². The van der Waals surface area contributed by atoms with Gasteiger partial charge in [0.1, 0.15) is 85.1 Å². The van der Waals surface area contributed by atoms with Crippen LogP contribution in [0.5, 0.6) is 5.75 Å². The number of aliphatic hydroxyl groups is 14. The maximum atomic E-state index is 11.7. The zero-order valence-corrected chi connectivity index (χ0v) is 51.7. The van der Waals surface area contributed by atoms with Crippen LogP contribution in [-0.4, -0.2) is 346 Å². The van der Waals surface area contributed by atoms with Crippen LogP contribution in [0, 0.1) is 10.1 Å². The van der Waals surface area contributed by atoms with Crippen molar-refractivity contribution < 1.29 is 143 Å². The molecule has 0 bridgehead atoms. The third-order valence-electron chi connectivity index (χ3n) is 14.2. The van der Waals surface area contributed by atoms with Gasteiger partial charge in [-0.15, -0.1) is 0 Å². The summed E-state index contributed by atoms with van der Waals surface area (Å²) in [7, 11) is 0. The maximum absolute atomic E-state index is 11.7. The minimum Gasteiger partial charge on any atom is -0.463 e. The Kier molecular flexibility index (Phi) is 38.4. The zero-order chi connectivity index (χ0) is 66.6. The van der Waals surface area contributed by atoms with Crippen LogP contribution >= 0.6 is 0 Å². The molecule has 32 nitrogen and oxygen atoms in total. The molecule has 14 N–H and O–H groups in total. The van der Waals surface area contributed by atoms with E-state index in [1.54, 1.807) is 12.1 Å². The zero-order valence-electron chi connectivity index (χ0n) is 51.7. The molecule has 0 fully saturated rings. The van der Waals surface area contributed by atoms with Gasteiger partial charge in [-0.05, 0) is 43.7 Å². The quantitative estimate of drug-likeness (QED) is 0.0168. The number of aliphatic hydroxyl groups excluding tert-OH is 14. The van der Waals surface area contributed by atoms with Crippen LogP contribution in [-0.2, 0) is 67.0 Å². The van der Waals surface area contributed by atoms with Gasteiger partial charge in [-0.2, -0.15) is 0 Å². The summed E-state index contributed by atoms with van der Waals surface area (Å²) in [6.07, 6.45) is -10.2. The molecule has 2 aliphatic heterocycles. The smallest absolute Gasteiger partial charge is 0.270 e. The van der Waals surface area contributed by atoms with Gasteiger partial charge in [0.25, 0.3) is 5.69 Å². The predicted molar refractivity (Wildman–Crippen MR) is 318 cm³/mol. The number of hydrogen-bond donors (Lipinski definition) is 14. The number of anilines is 1. The lowest BCUT2D eigenvalue weighted by Crippen LogP contribution is -2.60. The second-order valence-corrected chi connectivity index (χ2v) is 22.3. The molecule has 0 radical (unpaired) electrons. The lowest BCUT2D eigenvalue weighted by atomic mass is 9.76. The van der Waals surface area contributed by atoms with Crippen LogP contribution in [0.25, 0.3) is 6.08 Å². The van der Waals surface area contributed by atoms with Crippen molar-refractivity contribution in [1.29, 1.82) is 0 Å². The largest absolute Gasteiger partial charge is 0.463 e. The second-order valence-electron chi connectivity index (χ2n) is 22.3. The maximum Gasteiger partial charge on any atom is 0.270 e. The summed E-state index contributed by atoms with van der Waals surface area (Å²) in [5.74, 6) is 0.441. The number of hydrogen-bond acceptors (Lipinski definition) is 31. The summed E-state index contributed by atoms with van der Waals surface area (Å²) in [5.41, 5.74) is 0.497. The number of nitro benzene ring substituents is 1. The molecule has 14 atom stereocenters. The summed E-state index contributed by atoms with van der Waals surface area (Å²) >= 11 is 0. The van der Waals surface area contributed by atoms with Crippen LogP contribution in [0.4, 0.5) is 11.4 Å². The fourth-order valence-corrected chi connectivity index (χ4v) is 9.09. The van der Waals surface area contributed by atoms with Gasteiger partial charge in [0.05, 0.1) is 189 Å². The highest BCUT2D eigenvalue weighted by Gasteiger charge is 2.58. The number of rotatable bonds is 55. The predicted octanol–water partition coefficient (Wildman–Crippen LogP) is -4.61. The average molecular weight is 1320 g/mol. The molecule has 91 heavy (non-hydrogen) atoms. The topological polar surface area (TPSA) is 459 Å². The summed E-state index contributed by atoms with van der Waals surface area (Å²) in [6.45, 7) is -3.90. The Labute approximate surface area is 528 Å². The molecule has 32 heteroatoms. The van der Waals surface area contributed by atoms with Crippen LogP contribution in [0.2, 0.25) is 0 Å². The fourth-order valence-electron chi connectivity index (χ4n) is 9.09. The third kappa shape index (κ3) is 28.1. The Balaban J connectivity index is 1.54. The summed E-state index contributed by atoms with van der Waals surface area (Å²) < 4.78 is 82.5. The van der Waals surface area contributed by atoms with Gasteiger partial charge >= 0.3 is 0 Å². The van der Waals surface area contributed by atoms with E-state index in [0.29, 0.717) is 11.3 Å². The summed E-state index contributed by atoms with van der Waals surface area (Å²) in [6, 6.07) is 12.2. The second kappa shape index (κ2) is 44.0. The van der Waals surface area contributed by atoms with Crippen LogP contribution in [0.15, 0.2) is 48.5 Å². The number of fused-ring (bicyclic) bond motifs is 2. The highest BCUT2D eigenvalue weighted by Crippen LogP contribution is 2.55. The van der Waals surface area contributed by atoms with E-state index in [2.05, 4.69) is 4.90 Å². The van der Waals surface area contributed by atoms with Crippen molar-refractivity contribution in [3.63, 3.8) is 0 Å². The molecule has 2 aromatic rings. The van der Waals surface area contributed by atoms with Gasteiger partial charge < -0.3 is 143 Å². The molecular weight excluding hydrogens is 1220 g/mol. The number of benzene rings is 2. The first kappa shape index (κ1) is 79.5. The molecule has 1 spiro atoms. The molecule has 524 valence electrons. The van der Waals surface area contributed by atoms with Gasteiger partial charge in [0, 0.05) is 29.9 Å². The molecule has 0 amide bonds. The molecule has 2 aliphatic rings. The normalized spacial score (nSPS) is 19.6. The van der Waals surface area contributed by atoms with E-state index in [9.17, 15) is 71.4 Å². The monoisotopic (exact) mass is 1310 g/mol. The van der Waals surface area contributed by atoms with Gasteiger partial charge in [-0.3, -0.25) is 10.1 Å². The van der Waals surface area contributed by atoms with Gasteiger partial charge in [-0.1, -0.05) is 18.2 Å². The highest BCUT2D eigenvalue weighted by atomic mass is 16.6. The Hall–Kier alpha value is -3.90. The van der Waals surface area contributed by atoms with Crippen molar-refractivity contribution in [2.75, 3.05) is 190 Å². The molecule has 0 saturated carbocycles. The lowest BCUT2D eigenvalue weighted by molar-refractivity contribution is -0.384. The molecule has 4 rings (SSSR count). The summed E-state index contributed by atoms with van der Waals surface area (Å²) in [5, 5.41) is 148. The lowest BCUT2D eigenvalue weighted by Gasteiger charge is -2.47. The minimum atomic E-state index is -1.28. The van der Waals surface area contributed by atoms with Crippen molar-refractivity contribution in [3.8, 4) is 5.75 Å². The minimum absolute atomic E-state index is 0.0798. The van der Waals surface area contributed by atoms with E-state index in [0.717, 1.165) is 11.3 Å². The number of non-ortho nitro benzene ring substituents is 1. The van der Waals surface area contributed by atoms with E-state index in [4.69, 9.17) is 76.5 Å².